The number of nitrogens with zero attached hydrogens (tertiary/aromatic N) is 2. The number of benzene rings is 1. The molecule has 1 amide bonds. The molecule has 0 saturated carbocycles. The summed E-state index contributed by atoms with van der Waals surface area (Å²) in [6.07, 6.45) is 4.68. The van der Waals surface area contributed by atoms with Gasteiger partial charge in [-0.3, -0.25) is 4.79 Å². The minimum absolute atomic E-state index is 0.0610. The van der Waals surface area contributed by atoms with Gasteiger partial charge in [0.15, 0.2) is 10.7 Å². The lowest BCUT2D eigenvalue weighted by molar-refractivity contribution is -0.120. The molecule has 3 heterocycles. The van der Waals surface area contributed by atoms with Crippen LogP contribution < -0.4 is 5.32 Å². The smallest absolute Gasteiger partial charge is 0.248 e. The van der Waals surface area contributed by atoms with E-state index in [1.807, 2.05) is 49.6 Å². The Balaban J connectivity index is 1.54. The third-order valence-corrected chi connectivity index (χ3v) is 8.64. The number of anilines is 1. The minimum atomic E-state index is -3.88. The van der Waals surface area contributed by atoms with E-state index in [0.29, 0.717) is 25.1 Å². The molecule has 0 bridgehead atoms. The number of sulfonamides is 1. The lowest BCUT2D eigenvalue weighted by Crippen LogP contribution is -2.44. The summed E-state index contributed by atoms with van der Waals surface area (Å²) in [5, 5.41) is 8.83. The minimum Gasteiger partial charge on any atom is -0.355 e. The van der Waals surface area contributed by atoms with Crippen LogP contribution in [0.15, 0.2) is 45.1 Å². The highest BCUT2D eigenvalue weighted by Gasteiger charge is 2.37. The third kappa shape index (κ3) is 5.10. The van der Waals surface area contributed by atoms with Gasteiger partial charge < -0.3 is 9.84 Å². The van der Waals surface area contributed by atoms with E-state index in [1.54, 1.807) is 30.4 Å². The Morgan fingerprint density at radius 3 is 2.82 bits per heavy atom. The van der Waals surface area contributed by atoms with Gasteiger partial charge in [0.05, 0.1) is 5.92 Å². The van der Waals surface area contributed by atoms with Crippen molar-refractivity contribution in [2.45, 2.75) is 38.5 Å². The van der Waals surface area contributed by atoms with Gasteiger partial charge in [0.25, 0.3) is 0 Å². The van der Waals surface area contributed by atoms with Gasteiger partial charge in [-0.2, -0.15) is 4.31 Å². The molecule has 7 nitrogen and oxygen atoms in total. The van der Waals surface area contributed by atoms with Crippen LogP contribution in [0.1, 0.15) is 40.3 Å². The molecule has 2 aromatic heterocycles. The number of thiophene rings is 1. The van der Waals surface area contributed by atoms with E-state index < -0.39 is 15.9 Å². The van der Waals surface area contributed by atoms with Crippen LogP contribution in [0, 0.1) is 26.7 Å². The van der Waals surface area contributed by atoms with E-state index in [2.05, 4.69) is 10.5 Å². The van der Waals surface area contributed by atoms with Crippen molar-refractivity contribution < 1.29 is 17.7 Å². The lowest BCUT2D eigenvalue weighted by atomic mass is 9.98. The van der Waals surface area contributed by atoms with Crippen molar-refractivity contribution >= 4 is 45.1 Å². The zero-order valence-corrected chi connectivity index (χ0v) is 20.5. The highest BCUT2D eigenvalue weighted by molar-refractivity contribution is 7.89. The number of carbonyl (C=O) groups is 1. The fourth-order valence-corrected chi connectivity index (χ4v) is 6.34. The number of nitrogens with one attached hydrogen (secondary N) is 1. The van der Waals surface area contributed by atoms with Crippen LogP contribution in [-0.4, -0.2) is 36.9 Å². The first-order valence-electron chi connectivity index (χ1n) is 10.8. The molecule has 0 spiro atoms. The van der Waals surface area contributed by atoms with Crippen LogP contribution in [-0.2, 0) is 14.8 Å². The summed E-state index contributed by atoms with van der Waals surface area (Å²) in [6.45, 7) is 6.00. The van der Waals surface area contributed by atoms with Crippen molar-refractivity contribution in [1.82, 2.24) is 9.46 Å². The molecule has 3 aromatic rings. The second-order valence-corrected chi connectivity index (χ2v) is 11.2. The van der Waals surface area contributed by atoms with Crippen LogP contribution in [0.5, 0.6) is 0 Å². The Kier molecular flexibility index (Phi) is 6.83. The molecular weight excluding hydrogens is 458 g/mol. The van der Waals surface area contributed by atoms with Crippen LogP contribution in [0.25, 0.3) is 12.2 Å². The van der Waals surface area contributed by atoms with Crippen molar-refractivity contribution in [3.8, 4) is 0 Å². The highest BCUT2D eigenvalue weighted by atomic mass is 32.2. The molecule has 0 aliphatic carbocycles. The van der Waals surface area contributed by atoms with E-state index in [4.69, 9.17) is 4.52 Å². The van der Waals surface area contributed by atoms with Crippen LogP contribution in [0.2, 0.25) is 0 Å². The fraction of sp³-hybridized carbons (Fsp3) is 0.333. The number of rotatable bonds is 6. The summed E-state index contributed by atoms with van der Waals surface area (Å²) in [6, 6.07) is 9.73. The van der Waals surface area contributed by atoms with Gasteiger partial charge in [-0.05, 0) is 74.4 Å². The first-order valence-corrected chi connectivity index (χ1v) is 13.1. The average molecular weight is 486 g/mol. The molecule has 174 valence electrons. The van der Waals surface area contributed by atoms with Crippen molar-refractivity contribution in [3.05, 3.63) is 63.2 Å². The quantitative estimate of drug-likeness (QED) is 0.538. The molecular formula is C24H27N3O4S2. The normalized spacial score (nSPS) is 17.5. The number of carbonyl (C=O) groups excluding carboxylic acids is 1. The molecule has 9 heteroatoms. The second-order valence-electron chi connectivity index (χ2n) is 8.32. The SMILES string of the molecule is Cc1ccc(C)c(NC(=O)[C@@H]2CCCN(S(=O)(=O)c3c(C)noc3/C=C/c3cccs3)C2)c1. The average Bonchev–Trinajstić information content (AvgIpc) is 3.44. The highest BCUT2D eigenvalue weighted by Crippen LogP contribution is 2.30. The Morgan fingerprint density at radius 1 is 1.24 bits per heavy atom. The van der Waals surface area contributed by atoms with Crippen molar-refractivity contribution in [1.29, 1.82) is 0 Å². The van der Waals surface area contributed by atoms with Crippen LogP contribution in [0.4, 0.5) is 5.69 Å². The standard InChI is InChI=1S/C24H27N3O4S2/c1-16-8-9-17(2)21(14-16)25-24(28)19-6-4-12-27(15-19)33(29,30)23-18(3)26-31-22(23)11-10-20-7-5-13-32-20/h5,7-11,13-14,19H,4,6,12,15H2,1-3H3,(H,25,28)/b11-10+/t19-/m1/s1. The van der Waals surface area contributed by atoms with Gasteiger partial charge >= 0.3 is 0 Å². The molecule has 4 rings (SSSR count). The van der Waals surface area contributed by atoms with Gasteiger partial charge in [-0.1, -0.05) is 23.4 Å². The fourth-order valence-electron chi connectivity index (χ4n) is 3.95. The number of amides is 1. The molecule has 1 aliphatic rings. The molecule has 1 atom stereocenters. The van der Waals surface area contributed by atoms with Gasteiger partial charge in [0.2, 0.25) is 15.9 Å². The van der Waals surface area contributed by atoms with Gasteiger partial charge in [-0.15, -0.1) is 11.3 Å². The van der Waals surface area contributed by atoms with Crippen molar-refractivity contribution in [3.63, 3.8) is 0 Å². The molecule has 1 fully saturated rings. The van der Waals surface area contributed by atoms with Gasteiger partial charge in [-0.25, -0.2) is 8.42 Å². The molecule has 0 unspecified atom stereocenters. The second kappa shape index (κ2) is 9.62. The summed E-state index contributed by atoms with van der Waals surface area (Å²) in [4.78, 5) is 14.0. The molecule has 0 radical (unpaired) electrons. The van der Waals surface area contributed by atoms with Crippen LogP contribution >= 0.6 is 11.3 Å². The van der Waals surface area contributed by atoms with Crippen LogP contribution in [0.3, 0.4) is 0 Å². The molecule has 1 saturated heterocycles. The Hall–Kier alpha value is -2.75. The van der Waals surface area contributed by atoms with E-state index >= 15 is 0 Å². The number of hydrogen-bond acceptors (Lipinski definition) is 6. The molecule has 1 aromatic carbocycles. The van der Waals surface area contributed by atoms with E-state index in [1.165, 1.54) is 4.31 Å². The summed E-state index contributed by atoms with van der Waals surface area (Å²) in [5.41, 5.74) is 3.09. The number of piperidine rings is 1. The Labute approximate surface area is 198 Å². The number of hydrogen-bond donors (Lipinski definition) is 1. The molecule has 33 heavy (non-hydrogen) atoms. The maximum atomic E-state index is 13.5. The zero-order chi connectivity index (χ0) is 23.6. The maximum Gasteiger partial charge on any atom is 0.248 e. The number of aromatic nitrogens is 1. The lowest BCUT2D eigenvalue weighted by Gasteiger charge is -2.31. The predicted molar refractivity (Wildman–Crippen MR) is 131 cm³/mol. The van der Waals surface area contributed by atoms with Gasteiger partial charge in [0.1, 0.15) is 5.69 Å². The predicted octanol–water partition coefficient (Wildman–Crippen LogP) is 4.87. The van der Waals surface area contributed by atoms with Gasteiger partial charge in [0, 0.05) is 23.7 Å². The Bertz CT molecular complexity index is 1280. The van der Waals surface area contributed by atoms with Crippen molar-refractivity contribution in [2.75, 3.05) is 18.4 Å². The monoisotopic (exact) mass is 485 g/mol. The first-order chi connectivity index (χ1) is 15.8. The topological polar surface area (TPSA) is 92.5 Å². The van der Waals surface area contributed by atoms with E-state index in [0.717, 1.165) is 21.7 Å². The van der Waals surface area contributed by atoms with Crippen molar-refractivity contribution in [2.24, 2.45) is 5.92 Å². The summed E-state index contributed by atoms with van der Waals surface area (Å²) in [7, 11) is -3.88. The summed E-state index contributed by atoms with van der Waals surface area (Å²) >= 11 is 1.54. The Morgan fingerprint density at radius 2 is 2.06 bits per heavy atom. The van der Waals surface area contributed by atoms with E-state index in [9.17, 15) is 13.2 Å². The number of aryl methyl sites for hydroxylation is 3. The summed E-state index contributed by atoms with van der Waals surface area (Å²) < 4.78 is 33.8. The van der Waals surface area contributed by atoms with E-state index in [-0.39, 0.29) is 23.1 Å². The zero-order valence-electron chi connectivity index (χ0n) is 18.9. The third-order valence-electron chi connectivity index (χ3n) is 5.78. The maximum absolute atomic E-state index is 13.5. The largest absolute Gasteiger partial charge is 0.355 e. The first kappa shape index (κ1) is 23.4. The molecule has 1 aliphatic heterocycles. The summed E-state index contributed by atoms with van der Waals surface area (Å²) in [5.74, 6) is -0.398. The molecule has 1 N–H and O–H groups in total.